The molecule has 2 aromatic rings. The van der Waals surface area contributed by atoms with E-state index in [1.54, 1.807) is 55.5 Å². The second-order valence-corrected chi connectivity index (χ2v) is 6.05. The van der Waals surface area contributed by atoms with Crippen molar-refractivity contribution in [2.45, 2.75) is 12.3 Å². The van der Waals surface area contributed by atoms with Crippen LogP contribution in [0.1, 0.15) is 6.92 Å². The van der Waals surface area contributed by atoms with E-state index in [2.05, 4.69) is 10.2 Å². The molecular formula is C19H21ClN2O5. The van der Waals surface area contributed by atoms with E-state index in [-0.39, 0.29) is 26.4 Å². The minimum absolute atomic E-state index is 0.0288. The normalized spacial score (nSPS) is 12.0. The number of esters is 1. The van der Waals surface area contributed by atoms with E-state index in [0.717, 1.165) is 0 Å². The SMILES string of the molecule is CC(Cl)C(=O)OCCOc1ccc(N=Nc2ccc(OCCO)cc2)cc1. The van der Waals surface area contributed by atoms with Crippen molar-refractivity contribution in [2.75, 3.05) is 26.4 Å². The third-order valence-corrected chi connectivity index (χ3v) is 3.41. The highest BCUT2D eigenvalue weighted by molar-refractivity contribution is 6.29. The summed E-state index contributed by atoms with van der Waals surface area (Å²) in [4.78, 5) is 11.2. The lowest BCUT2D eigenvalue weighted by molar-refractivity contribution is -0.143. The van der Waals surface area contributed by atoms with Crippen LogP contribution in [0.25, 0.3) is 0 Å². The first kappa shape index (κ1) is 20.7. The maximum Gasteiger partial charge on any atom is 0.323 e. The molecule has 0 heterocycles. The molecule has 27 heavy (non-hydrogen) atoms. The maximum absolute atomic E-state index is 11.2. The number of carbonyl (C=O) groups is 1. The fourth-order valence-electron chi connectivity index (χ4n) is 1.91. The molecule has 0 spiro atoms. The van der Waals surface area contributed by atoms with Gasteiger partial charge in [0.25, 0.3) is 0 Å². The number of aliphatic hydroxyl groups is 1. The number of halogens is 1. The molecule has 0 saturated carbocycles. The Hall–Kier alpha value is -2.64. The Balaban J connectivity index is 1.79. The fourth-order valence-corrected chi connectivity index (χ4v) is 1.98. The molecule has 8 heteroatoms. The average Bonchev–Trinajstić information content (AvgIpc) is 2.69. The van der Waals surface area contributed by atoms with Gasteiger partial charge in [-0.1, -0.05) is 0 Å². The fraction of sp³-hybridized carbons (Fsp3) is 0.316. The molecule has 2 rings (SSSR count). The molecule has 1 atom stereocenters. The van der Waals surface area contributed by atoms with Crippen LogP contribution in [0.4, 0.5) is 11.4 Å². The molecule has 0 amide bonds. The molecule has 2 aromatic carbocycles. The van der Waals surface area contributed by atoms with Crippen LogP contribution >= 0.6 is 11.6 Å². The molecule has 7 nitrogen and oxygen atoms in total. The van der Waals surface area contributed by atoms with E-state index in [1.165, 1.54) is 0 Å². The van der Waals surface area contributed by atoms with Gasteiger partial charge in [-0.2, -0.15) is 10.2 Å². The predicted octanol–water partition coefficient (Wildman–Crippen LogP) is 4.02. The van der Waals surface area contributed by atoms with Crippen molar-refractivity contribution in [2.24, 2.45) is 10.2 Å². The van der Waals surface area contributed by atoms with Crippen LogP contribution in [0.3, 0.4) is 0 Å². The van der Waals surface area contributed by atoms with Crippen LogP contribution in [0.15, 0.2) is 58.8 Å². The third kappa shape index (κ3) is 7.64. The van der Waals surface area contributed by atoms with Crippen LogP contribution in [0.5, 0.6) is 11.5 Å². The largest absolute Gasteiger partial charge is 0.491 e. The summed E-state index contributed by atoms with van der Waals surface area (Å²) in [6, 6.07) is 14.1. The summed E-state index contributed by atoms with van der Waals surface area (Å²) in [7, 11) is 0. The lowest BCUT2D eigenvalue weighted by Crippen LogP contribution is -2.18. The third-order valence-electron chi connectivity index (χ3n) is 3.24. The number of carbonyl (C=O) groups excluding carboxylic acids is 1. The highest BCUT2D eigenvalue weighted by Crippen LogP contribution is 2.23. The van der Waals surface area contributed by atoms with Gasteiger partial charge in [0, 0.05) is 0 Å². The molecule has 0 bridgehead atoms. The highest BCUT2D eigenvalue weighted by Gasteiger charge is 2.09. The van der Waals surface area contributed by atoms with Gasteiger partial charge >= 0.3 is 5.97 Å². The van der Waals surface area contributed by atoms with Gasteiger partial charge in [-0.15, -0.1) is 11.6 Å². The number of ether oxygens (including phenoxy) is 3. The Kier molecular flexibility index (Phi) is 8.54. The molecule has 0 aromatic heterocycles. The Morgan fingerprint density at radius 2 is 1.41 bits per heavy atom. The van der Waals surface area contributed by atoms with Gasteiger partial charge in [0.2, 0.25) is 0 Å². The van der Waals surface area contributed by atoms with Gasteiger partial charge in [-0.05, 0) is 55.5 Å². The smallest absolute Gasteiger partial charge is 0.323 e. The molecular weight excluding hydrogens is 372 g/mol. The zero-order chi connectivity index (χ0) is 19.5. The molecule has 0 radical (unpaired) electrons. The Morgan fingerprint density at radius 3 is 1.85 bits per heavy atom. The van der Waals surface area contributed by atoms with Gasteiger partial charge in [0.1, 0.15) is 36.7 Å². The number of hydrogen-bond donors (Lipinski definition) is 1. The summed E-state index contributed by atoms with van der Waals surface area (Å²) in [6.45, 7) is 2.15. The summed E-state index contributed by atoms with van der Waals surface area (Å²) in [5.41, 5.74) is 1.35. The second kappa shape index (κ2) is 11.2. The quantitative estimate of drug-likeness (QED) is 0.285. The molecule has 0 aliphatic rings. The van der Waals surface area contributed by atoms with Crippen LogP contribution in [-0.2, 0) is 9.53 Å². The van der Waals surface area contributed by atoms with Crippen molar-refractivity contribution in [3.63, 3.8) is 0 Å². The van der Waals surface area contributed by atoms with E-state index < -0.39 is 11.3 Å². The molecule has 0 aliphatic carbocycles. The first-order valence-electron chi connectivity index (χ1n) is 8.37. The summed E-state index contributed by atoms with van der Waals surface area (Å²) < 4.78 is 15.7. The Bertz CT molecular complexity index is 733. The monoisotopic (exact) mass is 392 g/mol. The molecule has 0 aliphatic heterocycles. The summed E-state index contributed by atoms with van der Waals surface area (Å²) in [6.07, 6.45) is 0. The van der Waals surface area contributed by atoms with E-state index in [0.29, 0.717) is 22.9 Å². The van der Waals surface area contributed by atoms with Crippen LogP contribution in [0.2, 0.25) is 0 Å². The van der Waals surface area contributed by atoms with Gasteiger partial charge in [-0.25, -0.2) is 0 Å². The topological polar surface area (TPSA) is 89.7 Å². The standard InChI is InChI=1S/C19H21ClN2O5/c1-14(20)19(24)27-13-12-26-18-8-4-16(5-9-18)22-21-15-2-6-17(7-3-15)25-11-10-23/h2-9,14,23H,10-13H2,1H3. The van der Waals surface area contributed by atoms with E-state index in [9.17, 15) is 4.79 Å². The number of aliphatic hydroxyl groups excluding tert-OH is 1. The van der Waals surface area contributed by atoms with Crippen LogP contribution < -0.4 is 9.47 Å². The zero-order valence-corrected chi connectivity index (χ0v) is 15.6. The van der Waals surface area contributed by atoms with Crippen molar-refractivity contribution in [1.29, 1.82) is 0 Å². The molecule has 144 valence electrons. The van der Waals surface area contributed by atoms with Gasteiger partial charge in [-0.3, -0.25) is 4.79 Å². The summed E-state index contributed by atoms with van der Waals surface area (Å²) in [5.74, 6) is 0.828. The molecule has 1 N–H and O–H groups in total. The lowest BCUT2D eigenvalue weighted by Gasteiger charge is -2.08. The molecule has 0 fully saturated rings. The number of hydrogen-bond acceptors (Lipinski definition) is 7. The maximum atomic E-state index is 11.2. The van der Waals surface area contributed by atoms with Gasteiger partial charge in [0.15, 0.2) is 0 Å². The van der Waals surface area contributed by atoms with Crippen molar-refractivity contribution in [3.8, 4) is 11.5 Å². The summed E-state index contributed by atoms with van der Waals surface area (Å²) >= 11 is 5.59. The Morgan fingerprint density at radius 1 is 0.926 bits per heavy atom. The van der Waals surface area contributed by atoms with Crippen LogP contribution in [0, 0.1) is 0 Å². The average molecular weight is 393 g/mol. The first-order valence-corrected chi connectivity index (χ1v) is 8.81. The minimum Gasteiger partial charge on any atom is -0.491 e. The molecule has 0 saturated heterocycles. The second-order valence-electron chi connectivity index (χ2n) is 5.39. The van der Waals surface area contributed by atoms with Crippen molar-refractivity contribution in [1.82, 2.24) is 0 Å². The van der Waals surface area contributed by atoms with Crippen LogP contribution in [-0.4, -0.2) is 42.9 Å². The van der Waals surface area contributed by atoms with Crippen molar-refractivity contribution < 1.29 is 24.1 Å². The number of azo groups is 1. The molecule has 1 unspecified atom stereocenters. The zero-order valence-electron chi connectivity index (χ0n) is 14.9. The van der Waals surface area contributed by atoms with Gasteiger partial charge < -0.3 is 19.3 Å². The summed E-state index contributed by atoms with van der Waals surface area (Å²) in [5, 5.41) is 16.4. The number of benzene rings is 2. The first-order chi connectivity index (χ1) is 13.1. The van der Waals surface area contributed by atoms with E-state index in [4.69, 9.17) is 30.9 Å². The number of rotatable bonds is 10. The van der Waals surface area contributed by atoms with Crippen molar-refractivity contribution >= 4 is 28.9 Å². The predicted molar refractivity (Wildman–Crippen MR) is 101 cm³/mol. The Labute approximate surface area is 162 Å². The van der Waals surface area contributed by atoms with Crippen molar-refractivity contribution in [3.05, 3.63) is 48.5 Å². The van der Waals surface area contributed by atoms with Gasteiger partial charge in [0.05, 0.1) is 18.0 Å². The lowest BCUT2D eigenvalue weighted by atomic mass is 10.3. The van der Waals surface area contributed by atoms with E-state index in [1.807, 2.05) is 0 Å². The van der Waals surface area contributed by atoms with E-state index >= 15 is 0 Å². The highest BCUT2D eigenvalue weighted by atomic mass is 35.5. The number of nitrogens with zero attached hydrogens (tertiary/aromatic N) is 2. The minimum atomic E-state index is -0.668. The number of alkyl halides is 1.